The zero-order chi connectivity index (χ0) is 13.0. The molecule has 1 aliphatic rings. The van der Waals surface area contributed by atoms with Gasteiger partial charge in [0.05, 0.1) is 5.92 Å². The molecule has 4 atom stereocenters. The first kappa shape index (κ1) is 14.5. The molecule has 0 bridgehead atoms. The molecule has 1 rings (SSSR count). The monoisotopic (exact) mass is 240 g/mol. The highest BCUT2D eigenvalue weighted by atomic mass is 16.1. The SMILES string of the molecule is CC(C)C(C)CNC(=O)C1CCCC(C)C1N. The number of nitrogens with one attached hydrogen (secondary N) is 1. The molecular formula is C14H28N2O. The van der Waals surface area contributed by atoms with Crippen molar-refractivity contribution in [1.82, 2.24) is 5.32 Å². The summed E-state index contributed by atoms with van der Waals surface area (Å²) in [6.07, 6.45) is 3.24. The van der Waals surface area contributed by atoms with Gasteiger partial charge in [0.15, 0.2) is 0 Å². The Balaban J connectivity index is 2.41. The second-order valence-electron chi connectivity index (χ2n) is 6.06. The molecule has 17 heavy (non-hydrogen) atoms. The van der Waals surface area contributed by atoms with Crippen LogP contribution in [0.1, 0.15) is 47.0 Å². The summed E-state index contributed by atoms with van der Waals surface area (Å²) in [5, 5.41) is 3.07. The van der Waals surface area contributed by atoms with Gasteiger partial charge >= 0.3 is 0 Å². The molecule has 1 fully saturated rings. The third-order valence-corrected chi connectivity index (χ3v) is 4.37. The number of carbonyl (C=O) groups excluding carboxylic acids is 1. The summed E-state index contributed by atoms with van der Waals surface area (Å²) < 4.78 is 0. The minimum absolute atomic E-state index is 0.0260. The van der Waals surface area contributed by atoms with E-state index in [1.54, 1.807) is 0 Å². The number of rotatable bonds is 4. The summed E-state index contributed by atoms with van der Waals surface area (Å²) in [7, 11) is 0. The van der Waals surface area contributed by atoms with E-state index >= 15 is 0 Å². The lowest BCUT2D eigenvalue weighted by Crippen LogP contribution is -2.48. The van der Waals surface area contributed by atoms with E-state index < -0.39 is 0 Å². The molecule has 0 aromatic heterocycles. The molecule has 0 aliphatic heterocycles. The molecule has 1 aliphatic carbocycles. The number of carbonyl (C=O) groups is 1. The number of nitrogens with two attached hydrogens (primary N) is 1. The van der Waals surface area contributed by atoms with Crippen LogP contribution in [-0.2, 0) is 4.79 Å². The van der Waals surface area contributed by atoms with Crippen LogP contribution in [0.3, 0.4) is 0 Å². The zero-order valence-corrected chi connectivity index (χ0v) is 11.7. The molecule has 0 saturated heterocycles. The van der Waals surface area contributed by atoms with E-state index in [4.69, 9.17) is 5.73 Å². The van der Waals surface area contributed by atoms with Crippen LogP contribution in [0, 0.1) is 23.7 Å². The molecule has 0 aromatic rings. The van der Waals surface area contributed by atoms with E-state index in [0.717, 1.165) is 25.8 Å². The van der Waals surface area contributed by atoms with Gasteiger partial charge in [-0.1, -0.05) is 34.1 Å². The van der Waals surface area contributed by atoms with Crippen molar-refractivity contribution in [2.75, 3.05) is 6.54 Å². The Morgan fingerprint density at radius 2 is 2.00 bits per heavy atom. The lowest BCUT2D eigenvalue weighted by Gasteiger charge is -2.33. The predicted molar refractivity (Wildman–Crippen MR) is 71.5 cm³/mol. The van der Waals surface area contributed by atoms with Crippen LogP contribution in [0.5, 0.6) is 0 Å². The molecule has 100 valence electrons. The van der Waals surface area contributed by atoms with Crippen molar-refractivity contribution in [1.29, 1.82) is 0 Å². The molecule has 1 saturated carbocycles. The van der Waals surface area contributed by atoms with Crippen molar-refractivity contribution in [3.63, 3.8) is 0 Å². The normalized spacial score (nSPS) is 31.3. The van der Waals surface area contributed by atoms with Crippen molar-refractivity contribution in [3.05, 3.63) is 0 Å². The van der Waals surface area contributed by atoms with E-state index in [2.05, 4.69) is 33.0 Å². The fourth-order valence-corrected chi connectivity index (χ4v) is 2.38. The Kier molecular flexibility index (Phi) is 5.44. The smallest absolute Gasteiger partial charge is 0.224 e. The summed E-state index contributed by atoms with van der Waals surface area (Å²) in [6, 6.07) is 0.0399. The summed E-state index contributed by atoms with van der Waals surface area (Å²) in [4.78, 5) is 12.1. The number of amides is 1. The molecule has 0 spiro atoms. The largest absolute Gasteiger partial charge is 0.356 e. The Labute approximate surface area is 106 Å². The Bertz CT molecular complexity index is 253. The number of hydrogen-bond acceptors (Lipinski definition) is 2. The summed E-state index contributed by atoms with van der Waals surface area (Å²) in [6.45, 7) is 9.47. The first-order valence-corrected chi connectivity index (χ1v) is 6.96. The van der Waals surface area contributed by atoms with Crippen molar-refractivity contribution in [3.8, 4) is 0 Å². The summed E-state index contributed by atoms with van der Waals surface area (Å²) >= 11 is 0. The van der Waals surface area contributed by atoms with E-state index in [1.807, 2.05) is 0 Å². The topological polar surface area (TPSA) is 55.1 Å². The van der Waals surface area contributed by atoms with Gasteiger partial charge in [-0.3, -0.25) is 4.79 Å². The minimum Gasteiger partial charge on any atom is -0.356 e. The lowest BCUT2D eigenvalue weighted by molar-refractivity contribution is -0.127. The van der Waals surface area contributed by atoms with Gasteiger partial charge in [-0.15, -0.1) is 0 Å². The van der Waals surface area contributed by atoms with Crippen LogP contribution in [0.15, 0.2) is 0 Å². The highest BCUT2D eigenvalue weighted by Crippen LogP contribution is 2.27. The molecule has 0 heterocycles. The highest BCUT2D eigenvalue weighted by Gasteiger charge is 2.32. The van der Waals surface area contributed by atoms with Crippen LogP contribution >= 0.6 is 0 Å². The fourth-order valence-electron chi connectivity index (χ4n) is 2.38. The van der Waals surface area contributed by atoms with Crippen LogP contribution in [0.2, 0.25) is 0 Å². The number of hydrogen-bond donors (Lipinski definition) is 2. The molecule has 0 aromatic carbocycles. The molecule has 3 nitrogen and oxygen atoms in total. The van der Waals surface area contributed by atoms with Gasteiger partial charge in [-0.25, -0.2) is 0 Å². The summed E-state index contributed by atoms with van der Waals surface area (Å²) in [5.41, 5.74) is 6.13. The van der Waals surface area contributed by atoms with E-state index in [9.17, 15) is 4.79 Å². The fraction of sp³-hybridized carbons (Fsp3) is 0.929. The first-order chi connectivity index (χ1) is 7.93. The van der Waals surface area contributed by atoms with Crippen LogP contribution in [0.4, 0.5) is 0 Å². The van der Waals surface area contributed by atoms with Crippen LogP contribution in [-0.4, -0.2) is 18.5 Å². The molecule has 3 heteroatoms. The maximum Gasteiger partial charge on any atom is 0.224 e. The quantitative estimate of drug-likeness (QED) is 0.791. The lowest BCUT2D eigenvalue weighted by atomic mass is 9.78. The molecule has 1 amide bonds. The van der Waals surface area contributed by atoms with E-state index in [0.29, 0.717) is 17.8 Å². The summed E-state index contributed by atoms with van der Waals surface area (Å²) in [5.74, 6) is 1.79. The zero-order valence-electron chi connectivity index (χ0n) is 11.7. The van der Waals surface area contributed by atoms with Gasteiger partial charge in [0, 0.05) is 12.6 Å². The first-order valence-electron chi connectivity index (χ1n) is 6.96. The average molecular weight is 240 g/mol. The van der Waals surface area contributed by atoms with Crippen molar-refractivity contribution < 1.29 is 4.79 Å². The third kappa shape index (κ3) is 3.98. The van der Waals surface area contributed by atoms with Gasteiger partial charge in [0.1, 0.15) is 0 Å². The van der Waals surface area contributed by atoms with Crippen molar-refractivity contribution >= 4 is 5.91 Å². The molecule has 0 radical (unpaired) electrons. The van der Waals surface area contributed by atoms with Crippen LogP contribution in [0.25, 0.3) is 0 Å². The van der Waals surface area contributed by atoms with E-state index in [1.165, 1.54) is 0 Å². The molecule has 3 N–H and O–H groups in total. The Morgan fingerprint density at radius 1 is 1.35 bits per heavy atom. The third-order valence-electron chi connectivity index (χ3n) is 4.37. The van der Waals surface area contributed by atoms with Crippen LogP contribution < -0.4 is 11.1 Å². The minimum atomic E-state index is 0.0260. The van der Waals surface area contributed by atoms with E-state index in [-0.39, 0.29) is 17.9 Å². The second-order valence-corrected chi connectivity index (χ2v) is 6.06. The average Bonchev–Trinajstić information content (AvgIpc) is 2.29. The standard InChI is InChI=1S/C14H28N2O/c1-9(2)11(4)8-16-14(17)12-7-5-6-10(3)13(12)15/h9-13H,5-8,15H2,1-4H3,(H,16,17). The van der Waals surface area contributed by atoms with Crippen molar-refractivity contribution in [2.24, 2.45) is 29.4 Å². The highest BCUT2D eigenvalue weighted by molar-refractivity contribution is 5.79. The van der Waals surface area contributed by atoms with Crippen molar-refractivity contribution in [2.45, 2.75) is 53.0 Å². The van der Waals surface area contributed by atoms with Gasteiger partial charge < -0.3 is 11.1 Å². The van der Waals surface area contributed by atoms with Gasteiger partial charge in [0.2, 0.25) is 5.91 Å². The Hall–Kier alpha value is -0.570. The Morgan fingerprint density at radius 3 is 2.59 bits per heavy atom. The predicted octanol–water partition coefficient (Wildman–Crippen LogP) is 2.16. The molecule has 4 unspecified atom stereocenters. The van der Waals surface area contributed by atoms with Gasteiger partial charge in [-0.2, -0.15) is 0 Å². The maximum absolute atomic E-state index is 12.1. The van der Waals surface area contributed by atoms with Gasteiger partial charge in [0.25, 0.3) is 0 Å². The molecular weight excluding hydrogens is 212 g/mol. The maximum atomic E-state index is 12.1. The second kappa shape index (κ2) is 6.39. The van der Waals surface area contributed by atoms with Gasteiger partial charge in [-0.05, 0) is 30.6 Å².